The molecule has 0 aromatic rings. The number of aliphatic carboxylic acids is 6. The van der Waals surface area contributed by atoms with Crippen LogP contribution in [0.4, 0.5) is 0 Å². The minimum absolute atomic E-state index is 0.0802. The zero-order valence-electron chi connectivity index (χ0n) is 72.6. The zero-order valence-corrected chi connectivity index (χ0v) is 72.6. The maximum atomic E-state index is 12.7. The number of aliphatic hydroxyl groups excluding tert-OH is 3. The van der Waals surface area contributed by atoms with E-state index in [-0.39, 0.29) is 54.3 Å². The van der Waals surface area contributed by atoms with E-state index in [1.165, 1.54) is 26.2 Å². The second-order valence-electron chi connectivity index (χ2n) is 47.3. The Kier molecular flexibility index (Phi) is 18.0. The van der Waals surface area contributed by atoms with Gasteiger partial charge >= 0.3 is 17.9 Å². The monoisotopic (exact) mass is 1690 g/mol. The van der Waals surface area contributed by atoms with Crippen molar-refractivity contribution < 1.29 is 119 Å². The van der Waals surface area contributed by atoms with Gasteiger partial charge in [-0.15, -0.1) is 0 Å². The normalized spacial score (nSPS) is 56.5. The number of rotatable bonds is 6. The van der Waals surface area contributed by atoms with Crippen LogP contribution in [0.5, 0.6) is 0 Å². The molecule has 0 radical (unpaired) electrons. The van der Waals surface area contributed by atoms with Crippen LogP contribution in [0.3, 0.4) is 0 Å². The standard InChI is InChI=1S/C20H26O7.C20H26O5.C20H34.C19H24O6.C19H22O6/c1-10-8-18-9-19(10,27)7-4-11(18)20(16(25)26)6-3-5-17(2,15(23)24)13(20)12(18)14(21)22;1-10-7-20-8-11(10)3-4-12(20)19-6-5-13(21)18(2,17(24)25-9-19)15(19)14(20)16(22)23;1-13-11-20-12-15(13)7-8-16(20)19(5)10-6-9-18(3,4)17(19)14(20)2;2*1-9-7-17-8-18(9,24)5-3-10(17)19-6-4-11(20)16(2,15(23)25-19)13(19)12(17)14(21)22/h11-13,27H,1,3-9H2,2H3,(H,21,22)(H,23,24)(H,25,26);11-15,21H,1,3-9H2,2H3,(H,22,23);13-17H,6-12H2,1-5H3;10-13,20,24H,1,3-8H2,2H3,(H,21,22);4,6,10-13,20,24H,1,3,5,7-8H2,2H3,(H,21,22)/p-6/t11?,12?,13?,17-,18?,19+,20-;11?,12?,13?,14?,15?,18-,19-,20?;;2*10?,11?,12?,13?,16-,17?,18+,19-/m11.11/s1. The van der Waals surface area contributed by atoms with Crippen LogP contribution < -0.4 is 30.6 Å². The van der Waals surface area contributed by atoms with Crippen LogP contribution in [0.1, 0.15) is 255 Å². The van der Waals surface area contributed by atoms with E-state index >= 15 is 0 Å². The van der Waals surface area contributed by atoms with Gasteiger partial charge in [-0.05, 0) is 320 Å². The largest absolute Gasteiger partial charge is 0.550 e. The van der Waals surface area contributed by atoms with Gasteiger partial charge in [0.15, 0.2) is 0 Å². The predicted molar refractivity (Wildman–Crippen MR) is 421 cm³/mol. The first-order valence-electron chi connectivity index (χ1n) is 46.3. The van der Waals surface area contributed by atoms with Crippen LogP contribution in [0, 0.1) is 177 Å². The Morgan fingerprint density at radius 2 is 0.951 bits per heavy atom. The molecule has 19 saturated carbocycles. The smallest absolute Gasteiger partial charge is 0.316 e. The Morgan fingerprint density at radius 3 is 1.53 bits per heavy atom. The Labute approximate surface area is 714 Å². The van der Waals surface area contributed by atoms with Crippen molar-refractivity contribution in [1.82, 2.24) is 0 Å². The number of hydrogen-bond acceptors (Lipinski definition) is 24. The molecule has 5 spiro atoms. The van der Waals surface area contributed by atoms with Crippen molar-refractivity contribution in [2.45, 2.75) is 301 Å². The Morgan fingerprint density at radius 1 is 0.443 bits per heavy atom. The molecule has 24 heteroatoms. The number of cyclic esters (lactones) is 1. The van der Waals surface area contributed by atoms with Gasteiger partial charge in [-0.2, -0.15) is 0 Å². The van der Waals surface area contributed by atoms with Crippen LogP contribution in [0.25, 0.3) is 0 Å². The maximum Gasteiger partial charge on any atom is 0.316 e. The molecule has 0 aromatic heterocycles. The lowest BCUT2D eigenvalue weighted by molar-refractivity contribution is -0.341. The maximum absolute atomic E-state index is 12.7. The number of hydrogen-bond donors (Lipinski definition) is 6. The summed E-state index contributed by atoms with van der Waals surface area (Å²) in [5.74, 6) is -11.3. The topological polar surface area (TPSA) is 441 Å². The van der Waals surface area contributed by atoms with E-state index in [1.54, 1.807) is 58.6 Å². The van der Waals surface area contributed by atoms with Gasteiger partial charge in [0.25, 0.3) is 0 Å². The van der Waals surface area contributed by atoms with E-state index in [4.69, 9.17) is 14.2 Å². The van der Waals surface area contributed by atoms with Gasteiger partial charge in [0.05, 0.1) is 52.6 Å². The van der Waals surface area contributed by atoms with E-state index in [1.807, 2.05) is 0 Å². The summed E-state index contributed by atoms with van der Waals surface area (Å²) in [6.45, 7) is 35.9. The highest BCUT2D eigenvalue weighted by Gasteiger charge is 2.87. The number of allylic oxidation sites excluding steroid dienone is 1. The quantitative estimate of drug-likeness (QED) is 0.119. The summed E-state index contributed by atoms with van der Waals surface area (Å²) >= 11 is 0. The van der Waals surface area contributed by atoms with Gasteiger partial charge in [0.2, 0.25) is 0 Å². The number of carbonyl (C=O) groups excluding carboxylic acids is 9. The fourth-order valence-electron chi connectivity index (χ4n) is 39.2. The number of carboxylic acid groups (broad SMARTS) is 6. The van der Waals surface area contributed by atoms with Crippen LogP contribution >= 0.6 is 0 Å². The number of ether oxygens (including phenoxy) is 3. The SMILES string of the molecule is C=C1CC23CC1CCC2[C@@]12CCC(O)[C@@](C)(C(=O)OC1)C2C3C(=O)[O-].C=C1CC23C[C@@]1(O)CCC2[C@@]12C=CC(O)[C@@](C)(C(=O)O1)C2C3C(=O)[O-].C=C1CC23C[C@@]1(O)CCC2[C@@]12CCC(O)[C@@](C)(C(=O)O1)C2C3C(=O)[O-].C=C1CC23C[C@@]1(O)CCC2[C@]1(C(=O)[O-])CCC[C@@](C)(C(=O)[O-])C1C3C(=O)[O-].CC1CC23CC1CCC2C1(C)CCCC(C)(C)C1C3C. The molecule has 6 N–H and O–H groups in total. The number of carboxylic acids is 6. The van der Waals surface area contributed by atoms with Gasteiger partial charge in [0.1, 0.15) is 16.6 Å². The average molecular weight is 1690 g/mol. The number of esters is 3. The minimum atomic E-state index is -1.61. The third-order valence-corrected chi connectivity index (χ3v) is 43.1. The first-order valence-corrected chi connectivity index (χ1v) is 46.3. The van der Waals surface area contributed by atoms with Crippen molar-refractivity contribution in [3.8, 4) is 0 Å². The van der Waals surface area contributed by atoms with E-state index < -0.39 is 197 Å². The highest BCUT2D eigenvalue weighted by Crippen LogP contribution is 2.85. The lowest BCUT2D eigenvalue weighted by Crippen LogP contribution is -2.64. The Bertz CT molecular complexity index is 4720. The van der Waals surface area contributed by atoms with Gasteiger partial charge < -0.3 is 104 Å². The third-order valence-electron chi connectivity index (χ3n) is 43.1. The lowest BCUT2D eigenvalue weighted by Gasteiger charge is -2.57. The van der Waals surface area contributed by atoms with Crippen molar-refractivity contribution in [2.75, 3.05) is 6.61 Å². The van der Waals surface area contributed by atoms with Crippen molar-refractivity contribution in [3.05, 3.63) is 60.8 Å². The first kappa shape index (κ1) is 85.1. The van der Waals surface area contributed by atoms with E-state index in [9.17, 15) is 104 Å². The summed E-state index contributed by atoms with van der Waals surface area (Å²) in [7, 11) is 0. The molecule has 16 bridgehead atoms. The van der Waals surface area contributed by atoms with Crippen LogP contribution in [-0.2, 0) is 57.4 Å². The highest BCUT2D eigenvalue weighted by molar-refractivity contribution is 5.88. The summed E-state index contributed by atoms with van der Waals surface area (Å²) in [6, 6.07) is 0. The number of carbonyl (C=O) groups is 9. The fraction of sp³-hybridized carbons (Fsp3) is 0.806. The molecule has 122 heavy (non-hydrogen) atoms. The molecule has 668 valence electrons. The number of fused-ring (bicyclic) bond motifs is 9. The summed E-state index contributed by atoms with van der Waals surface area (Å²) < 4.78 is 17.4. The summed E-state index contributed by atoms with van der Waals surface area (Å²) in [4.78, 5) is 112. The van der Waals surface area contributed by atoms with Gasteiger partial charge in [-0.3, -0.25) is 14.4 Å². The molecule has 0 amide bonds. The summed E-state index contributed by atoms with van der Waals surface area (Å²) in [5, 5.41) is 138. The van der Waals surface area contributed by atoms with Crippen LogP contribution in [0.15, 0.2) is 60.8 Å². The number of aliphatic hydroxyl groups is 6. The summed E-state index contributed by atoms with van der Waals surface area (Å²) in [6.07, 6.45) is 22.0. The molecule has 23 aliphatic rings. The van der Waals surface area contributed by atoms with Crippen molar-refractivity contribution in [1.29, 1.82) is 0 Å². The highest BCUT2D eigenvalue weighted by atomic mass is 16.6. The molecule has 24 nitrogen and oxygen atoms in total. The van der Waals surface area contributed by atoms with E-state index in [0.717, 1.165) is 72.7 Å². The van der Waals surface area contributed by atoms with Gasteiger partial charge in [-0.25, -0.2) is 0 Å². The molecule has 23 rings (SSSR count). The molecule has 38 atom stereocenters. The zero-order chi connectivity index (χ0) is 88.1. The Balaban J connectivity index is 0.000000101. The van der Waals surface area contributed by atoms with Crippen molar-refractivity contribution >= 4 is 53.7 Å². The molecule has 0 aromatic carbocycles. The molecule has 3 saturated heterocycles. The molecular formula is C98H126O24-6. The van der Waals surface area contributed by atoms with E-state index in [2.05, 4.69) is 60.9 Å². The molecule has 3 aliphatic heterocycles. The average Bonchev–Trinajstić information content (AvgIpc) is 1.48. The van der Waals surface area contributed by atoms with Gasteiger partial charge in [0, 0.05) is 99.4 Å². The predicted octanol–water partition coefficient (Wildman–Crippen LogP) is 4.71. The van der Waals surface area contributed by atoms with Crippen molar-refractivity contribution in [2.24, 2.45) is 177 Å². The second kappa shape index (κ2) is 25.8. The molecule has 20 aliphatic carbocycles. The molecule has 22 fully saturated rings. The summed E-state index contributed by atoms with van der Waals surface area (Å²) in [5.41, 5.74) is -10.3. The Hall–Kier alpha value is -6.31. The minimum Gasteiger partial charge on any atom is -0.550 e. The molecule has 3 heterocycles. The van der Waals surface area contributed by atoms with Crippen LogP contribution in [0.2, 0.25) is 0 Å². The fourth-order valence-corrected chi connectivity index (χ4v) is 39.2. The molecular weight excluding hydrogens is 1560 g/mol. The second-order valence-corrected chi connectivity index (χ2v) is 47.3. The lowest BCUT2D eigenvalue weighted by atomic mass is 9.50. The van der Waals surface area contributed by atoms with Crippen molar-refractivity contribution in [3.63, 3.8) is 0 Å². The van der Waals surface area contributed by atoms with Crippen LogP contribution in [-0.4, -0.2) is 137 Å². The van der Waals surface area contributed by atoms with Gasteiger partial charge in [-0.1, -0.05) is 92.3 Å². The first-order chi connectivity index (χ1) is 56.8. The third kappa shape index (κ3) is 9.76. The molecule has 27 unspecified atom stereocenters. The van der Waals surface area contributed by atoms with E-state index in [0.29, 0.717) is 130 Å².